The minimum atomic E-state index is 1.06. The van der Waals surface area contributed by atoms with Crippen LogP contribution >= 0.6 is 0 Å². The molecule has 4 rings (SSSR count). The summed E-state index contributed by atoms with van der Waals surface area (Å²) >= 11 is 0. The number of fused-ring (bicyclic) bond motifs is 1. The molecule has 2 heterocycles. The van der Waals surface area contributed by atoms with Crippen molar-refractivity contribution < 1.29 is 0 Å². The van der Waals surface area contributed by atoms with E-state index in [0.29, 0.717) is 0 Å². The lowest BCUT2D eigenvalue weighted by molar-refractivity contribution is 0.243. The SMILES string of the molecule is Cn1nc2c(c1CN1CCN(c3ccccc3)CC1)CCC2. The van der Waals surface area contributed by atoms with Crippen molar-refractivity contribution in [2.75, 3.05) is 31.1 Å². The van der Waals surface area contributed by atoms with Crippen molar-refractivity contribution >= 4 is 5.69 Å². The third kappa shape index (κ3) is 2.52. The van der Waals surface area contributed by atoms with Gasteiger partial charge in [0, 0.05) is 45.5 Å². The van der Waals surface area contributed by atoms with Crippen LogP contribution in [0.1, 0.15) is 23.4 Å². The summed E-state index contributed by atoms with van der Waals surface area (Å²) in [6.07, 6.45) is 3.68. The second-order valence-corrected chi connectivity index (χ2v) is 6.45. The molecule has 1 fully saturated rings. The van der Waals surface area contributed by atoms with Crippen molar-refractivity contribution in [2.24, 2.45) is 7.05 Å². The number of rotatable bonds is 3. The Balaban J connectivity index is 1.41. The van der Waals surface area contributed by atoms with Gasteiger partial charge in [-0.25, -0.2) is 0 Å². The maximum absolute atomic E-state index is 4.70. The monoisotopic (exact) mass is 296 g/mol. The fraction of sp³-hybridized carbons (Fsp3) is 0.500. The van der Waals surface area contributed by atoms with Crippen molar-refractivity contribution in [3.8, 4) is 0 Å². The number of aryl methyl sites for hydroxylation is 2. The quantitative estimate of drug-likeness (QED) is 0.868. The third-order valence-electron chi connectivity index (χ3n) is 5.07. The fourth-order valence-corrected chi connectivity index (χ4v) is 3.80. The van der Waals surface area contributed by atoms with Crippen molar-refractivity contribution in [3.05, 3.63) is 47.3 Å². The Kier molecular flexibility index (Phi) is 3.62. The molecule has 2 aromatic rings. The molecule has 0 saturated carbocycles. The highest BCUT2D eigenvalue weighted by Gasteiger charge is 2.24. The number of hydrogen-bond donors (Lipinski definition) is 0. The number of nitrogens with zero attached hydrogens (tertiary/aromatic N) is 4. The first kappa shape index (κ1) is 13.8. The van der Waals surface area contributed by atoms with Gasteiger partial charge in [-0.15, -0.1) is 0 Å². The van der Waals surface area contributed by atoms with Crippen LogP contribution in [-0.4, -0.2) is 40.9 Å². The summed E-state index contributed by atoms with van der Waals surface area (Å²) in [6, 6.07) is 10.8. The molecule has 0 spiro atoms. The smallest absolute Gasteiger partial charge is 0.0660 e. The molecular formula is C18H24N4. The van der Waals surface area contributed by atoms with Gasteiger partial charge in [-0.1, -0.05) is 18.2 Å². The first-order valence-corrected chi connectivity index (χ1v) is 8.37. The summed E-state index contributed by atoms with van der Waals surface area (Å²) in [5.74, 6) is 0. The third-order valence-corrected chi connectivity index (χ3v) is 5.07. The van der Waals surface area contributed by atoms with Crippen LogP contribution in [0.3, 0.4) is 0 Å². The molecule has 0 bridgehead atoms. The molecule has 0 unspecified atom stereocenters. The van der Waals surface area contributed by atoms with E-state index in [4.69, 9.17) is 5.10 Å². The van der Waals surface area contributed by atoms with Crippen LogP contribution in [0.15, 0.2) is 30.3 Å². The van der Waals surface area contributed by atoms with Gasteiger partial charge in [0.25, 0.3) is 0 Å². The second-order valence-electron chi connectivity index (χ2n) is 6.45. The van der Waals surface area contributed by atoms with E-state index in [1.165, 1.54) is 41.9 Å². The number of piperazine rings is 1. The highest BCUT2D eigenvalue weighted by atomic mass is 15.3. The van der Waals surface area contributed by atoms with Crippen LogP contribution in [0.25, 0.3) is 0 Å². The van der Waals surface area contributed by atoms with Crippen LogP contribution in [0, 0.1) is 0 Å². The standard InChI is InChI=1S/C18H24N4/c1-20-18(16-8-5-9-17(16)19-20)14-21-10-12-22(13-11-21)15-6-3-2-4-7-15/h2-4,6-7H,5,8-14H2,1H3. The normalized spacial score (nSPS) is 18.7. The molecule has 1 saturated heterocycles. The molecular weight excluding hydrogens is 272 g/mol. The first-order chi connectivity index (χ1) is 10.8. The minimum absolute atomic E-state index is 1.06. The zero-order valence-electron chi connectivity index (χ0n) is 13.3. The highest BCUT2D eigenvalue weighted by Crippen LogP contribution is 2.26. The van der Waals surface area contributed by atoms with E-state index in [2.05, 4.69) is 51.9 Å². The largest absolute Gasteiger partial charge is 0.369 e. The number of hydrogen-bond acceptors (Lipinski definition) is 3. The molecule has 0 amide bonds. The van der Waals surface area contributed by atoms with E-state index in [0.717, 1.165) is 32.7 Å². The van der Waals surface area contributed by atoms with Gasteiger partial charge in [0.05, 0.1) is 11.4 Å². The van der Waals surface area contributed by atoms with Crippen LogP contribution in [0.5, 0.6) is 0 Å². The van der Waals surface area contributed by atoms with Gasteiger partial charge in [-0.2, -0.15) is 5.10 Å². The van der Waals surface area contributed by atoms with E-state index < -0.39 is 0 Å². The Hall–Kier alpha value is -1.81. The summed E-state index contributed by atoms with van der Waals surface area (Å²) in [6.45, 7) is 5.55. The topological polar surface area (TPSA) is 24.3 Å². The molecule has 22 heavy (non-hydrogen) atoms. The molecule has 1 aromatic heterocycles. The fourth-order valence-electron chi connectivity index (χ4n) is 3.80. The maximum Gasteiger partial charge on any atom is 0.0660 e. The van der Waals surface area contributed by atoms with Crippen LogP contribution in [0.4, 0.5) is 5.69 Å². The lowest BCUT2D eigenvalue weighted by Crippen LogP contribution is -2.46. The Morgan fingerprint density at radius 1 is 1.00 bits per heavy atom. The zero-order chi connectivity index (χ0) is 14.9. The Bertz CT molecular complexity index is 639. The van der Waals surface area contributed by atoms with Crippen LogP contribution in [0.2, 0.25) is 0 Å². The molecule has 4 nitrogen and oxygen atoms in total. The van der Waals surface area contributed by atoms with Gasteiger partial charge in [0.15, 0.2) is 0 Å². The molecule has 116 valence electrons. The van der Waals surface area contributed by atoms with E-state index in [1.807, 2.05) is 0 Å². The summed E-state index contributed by atoms with van der Waals surface area (Å²) in [4.78, 5) is 5.07. The van der Waals surface area contributed by atoms with Gasteiger partial charge >= 0.3 is 0 Å². The lowest BCUT2D eigenvalue weighted by atomic mass is 10.1. The van der Waals surface area contributed by atoms with Gasteiger partial charge in [0.2, 0.25) is 0 Å². The van der Waals surface area contributed by atoms with Crippen LogP contribution < -0.4 is 4.90 Å². The van der Waals surface area contributed by atoms with Gasteiger partial charge in [-0.05, 0) is 37.0 Å². The van der Waals surface area contributed by atoms with Crippen molar-refractivity contribution in [3.63, 3.8) is 0 Å². The highest BCUT2D eigenvalue weighted by molar-refractivity contribution is 5.46. The van der Waals surface area contributed by atoms with E-state index in [9.17, 15) is 0 Å². The Labute approximate surface area is 132 Å². The number of aromatic nitrogens is 2. The summed E-state index contributed by atoms with van der Waals surface area (Å²) in [5, 5.41) is 4.70. The summed E-state index contributed by atoms with van der Waals surface area (Å²) in [5.41, 5.74) is 5.68. The zero-order valence-corrected chi connectivity index (χ0v) is 13.3. The lowest BCUT2D eigenvalue weighted by Gasteiger charge is -2.36. The first-order valence-electron chi connectivity index (χ1n) is 8.37. The van der Waals surface area contributed by atoms with Crippen molar-refractivity contribution in [2.45, 2.75) is 25.8 Å². The summed E-state index contributed by atoms with van der Waals surface area (Å²) < 4.78 is 2.12. The molecule has 0 N–H and O–H groups in total. The molecule has 1 aliphatic heterocycles. The molecule has 1 aromatic carbocycles. The number of anilines is 1. The average Bonchev–Trinajstić information content (AvgIpc) is 3.12. The van der Waals surface area contributed by atoms with E-state index in [-0.39, 0.29) is 0 Å². The van der Waals surface area contributed by atoms with Gasteiger partial charge in [0.1, 0.15) is 0 Å². The van der Waals surface area contributed by atoms with Crippen molar-refractivity contribution in [1.29, 1.82) is 0 Å². The Morgan fingerprint density at radius 3 is 2.55 bits per heavy atom. The predicted octanol–water partition coefficient (Wildman–Crippen LogP) is 2.23. The average molecular weight is 296 g/mol. The molecule has 4 heteroatoms. The maximum atomic E-state index is 4.70. The number of benzene rings is 1. The van der Waals surface area contributed by atoms with Crippen LogP contribution in [-0.2, 0) is 26.4 Å². The molecule has 2 aliphatic rings. The summed E-state index contributed by atoms with van der Waals surface area (Å²) in [7, 11) is 2.11. The molecule has 0 radical (unpaired) electrons. The minimum Gasteiger partial charge on any atom is -0.369 e. The molecule has 1 aliphatic carbocycles. The van der Waals surface area contributed by atoms with E-state index >= 15 is 0 Å². The van der Waals surface area contributed by atoms with Gasteiger partial charge in [-0.3, -0.25) is 9.58 Å². The van der Waals surface area contributed by atoms with E-state index in [1.54, 1.807) is 0 Å². The van der Waals surface area contributed by atoms with Gasteiger partial charge < -0.3 is 4.90 Å². The molecule has 0 atom stereocenters. The Morgan fingerprint density at radius 2 is 1.77 bits per heavy atom. The predicted molar refractivity (Wildman–Crippen MR) is 89.2 cm³/mol. The second kappa shape index (κ2) is 5.76. The van der Waals surface area contributed by atoms with Crippen molar-refractivity contribution in [1.82, 2.24) is 14.7 Å². The number of para-hydroxylation sites is 1.